The van der Waals surface area contributed by atoms with Gasteiger partial charge in [0, 0.05) is 10.5 Å². The van der Waals surface area contributed by atoms with Gasteiger partial charge in [0.05, 0.1) is 5.54 Å². The lowest BCUT2D eigenvalue weighted by molar-refractivity contribution is 0.0930. The first-order valence-electron chi connectivity index (χ1n) is 8.41. The van der Waals surface area contributed by atoms with Gasteiger partial charge in [-0.25, -0.2) is 0 Å². The second-order valence-corrected chi connectivity index (χ2v) is 7.36. The molecule has 3 aromatic rings. The van der Waals surface area contributed by atoms with Crippen LogP contribution in [0.3, 0.4) is 0 Å². The van der Waals surface area contributed by atoms with Crippen molar-refractivity contribution < 1.29 is 4.79 Å². The molecule has 0 unspecified atom stereocenters. The number of aryl methyl sites for hydroxylation is 1. The molecule has 126 valence electrons. The maximum Gasteiger partial charge on any atom is 0.252 e. The monoisotopic (exact) mass is 348 g/mol. The minimum Gasteiger partial charge on any atom is -0.342 e. The van der Waals surface area contributed by atoms with Crippen LogP contribution in [0.2, 0.25) is 0 Å². The highest BCUT2D eigenvalue weighted by Crippen LogP contribution is 2.48. The summed E-state index contributed by atoms with van der Waals surface area (Å²) >= 11 is 1.16. The zero-order valence-corrected chi connectivity index (χ0v) is 14.9. The first-order valence-corrected chi connectivity index (χ1v) is 9.29. The minimum atomic E-state index is -0.254. The zero-order valence-electron chi connectivity index (χ0n) is 14.1. The Balaban J connectivity index is 1.69. The van der Waals surface area contributed by atoms with Gasteiger partial charge in [0.25, 0.3) is 5.91 Å². The van der Waals surface area contributed by atoms with E-state index in [2.05, 4.69) is 41.7 Å². The van der Waals surface area contributed by atoms with Crippen LogP contribution in [0.25, 0.3) is 10.8 Å². The third-order valence-electron chi connectivity index (χ3n) is 5.00. The molecule has 0 bridgehead atoms. The van der Waals surface area contributed by atoms with Gasteiger partial charge in [-0.3, -0.25) is 9.93 Å². The average Bonchev–Trinajstić information content (AvgIpc) is 3.42. The molecule has 0 radical (unpaired) electrons. The Morgan fingerprint density at radius 1 is 1.08 bits per heavy atom. The Labute approximate surface area is 151 Å². The Bertz CT molecular complexity index is 958. The summed E-state index contributed by atoms with van der Waals surface area (Å²) in [6.45, 7) is 1.96. The summed E-state index contributed by atoms with van der Waals surface area (Å²) in [7, 11) is 0. The van der Waals surface area contributed by atoms with Crippen LogP contribution < -0.4 is 10.5 Å². The number of fused-ring (bicyclic) bond motifs is 1. The SMILES string of the molecule is Cc1ccc(SN)cc1C(=O)NC1(c2cccc3ccccc23)CC1. The smallest absolute Gasteiger partial charge is 0.252 e. The van der Waals surface area contributed by atoms with Crippen LogP contribution in [-0.4, -0.2) is 5.91 Å². The highest BCUT2D eigenvalue weighted by molar-refractivity contribution is 7.97. The van der Waals surface area contributed by atoms with Gasteiger partial charge in [-0.2, -0.15) is 0 Å². The Morgan fingerprint density at radius 3 is 2.60 bits per heavy atom. The summed E-state index contributed by atoms with van der Waals surface area (Å²) in [5.41, 5.74) is 2.61. The van der Waals surface area contributed by atoms with Crippen molar-refractivity contribution >= 4 is 28.6 Å². The van der Waals surface area contributed by atoms with Gasteiger partial charge in [0.2, 0.25) is 0 Å². The number of benzene rings is 3. The molecule has 0 spiro atoms. The topological polar surface area (TPSA) is 55.1 Å². The highest BCUT2D eigenvalue weighted by atomic mass is 32.2. The summed E-state index contributed by atoms with van der Waals surface area (Å²) in [5, 5.41) is 11.4. The van der Waals surface area contributed by atoms with Crippen molar-refractivity contribution in [1.29, 1.82) is 0 Å². The van der Waals surface area contributed by atoms with Gasteiger partial charge in [-0.15, -0.1) is 0 Å². The summed E-state index contributed by atoms with van der Waals surface area (Å²) < 4.78 is 0. The van der Waals surface area contributed by atoms with E-state index in [1.54, 1.807) is 0 Å². The number of carbonyl (C=O) groups excluding carboxylic acids is 1. The van der Waals surface area contributed by atoms with Crippen molar-refractivity contribution in [3.8, 4) is 0 Å². The fourth-order valence-corrected chi connectivity index (χ4v) is 3.77. The van der Waals surface area contributed by atoms with E-state index in [1.165, 1.54) is 16.3 Å². The number of rotatable bonds is 4. The van der Waals surface area contributed by atoms with E-state index in [0.717, 1.165) is 35.2 Å². The van der Waals surface area contributed by atoms with Gasteiger partial charge in [-0.1, -0.05) is 48.5 Å². The maximum atomic E-state index is 12.9. The van der Waals surface area contributed by atoms with Gasteiger partial charge >= 0.3 is 0 Å². The fraction of sp³-hybridized carbons (Fsp3) is 0.190. The second kappa shape index (κ2) is 6.21. The average molecular weight is 348 g/mol. The Kier molecular flexibility index (Phi) is 4.02. The van der Waals surface area contributed by atoms with E-state index in [-0.39, 0.29) is 11.4 Å². The molecule has 1 aliphatic carbocycles. The standard InChI is InChI=1S/C21H20N2OS/c1-14-9-10-16(25-22)13-18(14)20(24)23-21(11-12-21)19-8-4-6-15-5-2-3-7-17(15)19/h2-10,13H,11-12,22H2,1H3,(H,23,24). The highest BCUT2D eigenvalue weighted by Gasteiger charge is 2.46. The van der Waals surface area contributed by atoms with Crippen LogP contribution in [-0.2, 0) is 5.54 Å². The molecule has 3 N–H and O–H groups in total. The van der Waals surface area contributed by atoms with Crippen LogP contribution >= 0.6 is 11.9 Å². The molecule has 0 heterocycles. The van der Waals surface area contributed by atoms with E-state index in [9.17, 15) is 4.79 Å². The molecule has 0 aromatic heterocycles. The van der Waals surface area contributed by atoms with E-state index in [0.29, 0.717) is 5.56 Å². The lowest BCUT2D eigenvalue weighted by Gasteiger charge is -2.21. The minimum absolute atomic E-state index is 0.0289. The Hall–Kier alpha value is -2.30. The number of hydrogen-bond donors (Lipinski definition) is 2. The number of hydrogen-bond acceptors (Lipinski definition) is 3. The first kappa shape index (κ1) is 16.2. The first-order chi connectivity index (χ1) is 12.1. The van der Waals surface area contributed by atoms with E-state index in [1.807, 2.05) is 31.2 Å². The summed E-state index contributed by atoms with van der Waals surface area (Å²) in [6, 6.07) is 20.4. The lowest BCUT2D eigenvalue weighted by atomic mass is 9.96. The van der Waals surface area contributed by atoms with Crippen molar-refractivity contribution in [2.24, 2.45) is 5.14 Å². The fourth-order valence-electron chi connectivity index (χ4n) is 3.43. The molecule has 1 amide bonds. The molecular formula is C21H20N2OS. The predicted octanol–water partition coefficient (Wildman–Crippen LogP) is 4.53. The molecule has 25 heavy (non-hydrogen) atoms. The lowest BCUT2D eigenvalue weighted by Crippen LogP contribution is -2.35. The molecule has 0 saturated heterocycles. The molecule has 1 aliphatic rings. The molecule has 4 heteroatoms. The second-order valence-electron chi connectivity index (χ2n) is 6.66. The van der Waals surface area contributed by atoms with Crippen LogP contribution in [0, 0.1) is 6.92 Å². The van der Waals surface area contributed by atoms with Crippen molar-refractivity contribution in [3.63, 3.8) is 0 Å². The van der Waals surface area contributed by atoms with Crippen molar-refractivity contribution in [2.45, 2.75) is 30.2 Å². The molecular weight excluding hydrogens is 328 g/mol. The quantitative estimate of drug-likeness (QED) is 0.681. The zero-order chi connectivity index (χ0) is 17.4. The molecule has 1 fully saturated rings. The summed E-state index contributed by atoms with van der Waals surface area (Å²) in [6.07, 6.45) is 1.94. The number of carbonyl (C=O) groups is 1. The third-order valence-corrected chi connectivity index (χ3v) is 5.52. The van der Waals surface area contributed by atoms with Crippen molar-refractivity contribution in [2.75, 3.05) is 0 Å². The maximum absolute atomic E-state index is 12.9. The van der Waals surface area contributed by atoms with Gasteiger partial charge in [0.1, 0.15) is 0 Å². The van der Waals surface area contributed by atoms with Crippen LogP contribution in [0.4, 0.5) is 0 Å². The number of nitrogens with one attached hydrogen (secondary N) is 1. The van der Waals surface area contributed by atoms with Gasteiger partial charge in [0.15, 0.2) is 0 Å². The summed E-state index contributed by atoms with van der Waals surface area (Å²) in [4.78, 5) is 13.8. The van der Waals surface area contributed by atoms with Crippen LogP contribution in [0.5, 0.6) is 0 Å². The molecule has 0 atom stereocenters. The van der Waals surface area contributed by atoms with Crippen LogP contribution in [0.15, 0.2) is 65.6 Å². The number of amides is 1. The van der Waals surface area contributed by atoms with Gasteiger partial charge < -0.3 is 5.32 Å². The molecule has 1 saturated carbocycles. The normalized spacial score (nSPS) is 15.1. The van der Waals surface area contributed by atoms with Crippen molar-refractivity contribution in [1.82, 2.24) is 5.32 Å². The molecule has 3 aromatic carbocycles. The van der Waals surface area contributed by atoms with E-state index < -0.39 is 0 Å². The predicted molar refractivity (Wildman–Crippen MR) is 104 cm³/mol. The van der Waals surface area contributed by atoms with Gasteiger partial charge in [-0.05, 0) is 65.7 Å². The summed E-state index contributed by atoms with van der Waals surface area (Å²) in [5.74, 6) is -0.0289. The molecule has 0 aliphatic heterocycles. The number of nitrogens with two attached hydrogens (primary N) is 1. The Morgan fingerprint density at radius 2 is 1.84 bits per heavy atom. The van der Waals surface area contributed by atoms with E-state index >= 15 is 0 Å². The largest absolute Gasteiger partial charge is 0.342 e. The molecule has 3 nitrogen and oxygen atoms in total. The van der Waals surface area contributed by atoms with E-state index in [4.69, 9.17) is 5.14 Å². The third kappa shape index (κ3) is 2.92. The molecule has 4 rings (SSSR count). The van der Waals surface area contributed by atoms with Crippen molar-refractivity contribution in [3.05, 3.63) is 77.4 Å². The van der Waals surface area contributed by atoms with Crippen LogP contribution in [0.1, 0.15) is 34.3 Å².